The standard InChI is InChI=1S/C14H23N3O3S/c1-10-7-11(13(15)18)5-6-12(10)8-16-9-14(2,3)17-21(4,19)20/h5-7,16-17H,8-9H2,1-4H3,(H2,15,18). The van der Waals surface area contributed by atoms with Gasteiger partial charge in [-0.25, -0.2) is 13.1 Å². The van der Waals surface area contributed by atoms with E-state index in [0.717, 1.165) is 17.4 Å². The van der Waals surface area contributed by atoms with Crippen molar-refractivity contribution in [1.29, 1.82) is 0 Å². The molecule has 0 atom stereocenters. The van der Waals surface area contributed by atoms with Gasteiger partial charge in [0, 0.05) is 24.2 Å². The molecule has 7 heteroatoms. The average Bonchev–Trinajstić information content (AvgIpc) is 2.27. The van der Waals surface area contributed by atoms with Crippen LogP contribution in [0.25, 0.3) is 0 Å². The smallest absolute Gasteiger partial charge is 0.248 e. The lowest BCUT2D eigenvalue weighted by Crippen LogP contribution is -2.49. The van der Waals surface area contributed by atoms with E-state index in [0.29, 0.717) is 18.7 Å². The Morgan fingerprint density at radius 1 is 1.33 bits per heavy atom. The third kappa shape index (κ3) is 6.24. The van der Waals surface area contributed by atoms with E-state index >= 15 is 0 Å². The first-order valence-electron chi connectivity index (χ1n) is 6.59. The van der Waals surface area contributed by atoms with Crippen LogP contribution < -0.4 is 15.8 Å². The molecule has 0 bridgehead atoms. The van der Waals surface area contributed by atoms with E-state index < -0.39 is 21.5 Å². The minimum absolute atomic E-state index is 0.448. The number of nitrogens with two attached hydrogens (primary N) is 1. The number of rotatable bonds is 7. The van der Waals surface area contributed by atoms with Gasteiger partial charge in [0.25, 0.3) is 0 Å². The second-order valence-corrected chi connectivity index (χ2v) is 7.62. The van der Waals surface area contributed by atoms with E-state index in [4.69, 9.17) is 5.73 Å². The normalized spacial score (nSPS) is 12.4. The van der Waals surface area contributed by atoms with Crippen LogP contribution >= 0.6 is 0 Å². The monoisotopic (exact) mass is 313 g/mol. The molecular formula is C14H23N3O3S. The molecule has 0 fully saturated rings. The summed E-state index contributed by atoms with van der Waals surface area (Å²) in [7, 11) is -3.24. The number of carbonyl (C=O) groups excluding carboxylic acids is 1. The molecular weight excluding hydrogens is 290 g/mol. The van der Waals surface area contributed by atoms with Crippen molar-refractivity contribution in [2.24, 2.45) is 5.73 Å². The van der Waals surface area contributed by atoms with Crippen LogP contribution in [-0.4, -0.2) is 32.7 Å². The zero-order valence-corrected chi connectivity index (χ0v) is 13.7. The minimum atomic E-state index is -3.24. The SMILES string of the molecule is Cc1cc(C(N)=O)ccc1CNCC(C)(C)NS(C)(=O)=O. The molecule has 0 aliphatic carbocycles. The van der Waals surface area contributed by atoms with Gasteiger partial charge in [0.15, 0.2) is 0 Å². The molecule has 1 aromatic carbocycles. The lowest BCUT2D eigenvalue weighted by molar-refractivity contribution is 0.1000. The Morgan fingerprint density at radius 2 is 1.95 bits per heavy atom. The number of sulfonamides is 1. The minimum Gasteiger partial charge on any atom is -0.366 e. The zero-order chi connectivity index (χ0) is 16.3. The van der Waals surface area contributed by atoms with Crippen molar-refractivity contribution >= 4 is 15.9 Å². The molecule has 0 aliphatic heterocycles. The van der Waals surface area contributed by atoms with Crippen molar-refractivity contribution in [3.63, 3.8) is 0 Å². The van der Waals surface area contributed by atoms with Gasteiger partial charge in [-0.3, -0.25) is 4.79 Å². The van der Waals surface area contributed by atoms with Crippen LogP contribution in [0, 0.1) is 6.92 Å². The highest BCUT2D eigenvalue weighted by Crippen LogP contribution is 2.11. The van der Waals surface area contributed by atoms with Gasteiger partial charge in [-0.1, -0.05) is 6.07 Å². The molecule has 0 unspecified atom stereocenters. The van der Waals surface area contributed by atoms with Crippen LogP contribution in [0.2, 0.25) is 0 Å². The maximum atomic E-state index is 11.3. The molecule has 0 radical (unpaired) electrons. The van der Waals surface area contributed by atoms with Crippen LogP contribution in [0.1, 0.15) is 35.3 Å². The van der Waals surface area contributed by atoms with E-state index in [1.807, 2.05) is 26.8 Å². The lowest BCUT2D eigenvalue weighted by Gasteiger charge is -2.25. The molecule has 1 rings (SSSR count). The van der Waals surface area contributed by atoms with Gasteiger partial charge in [0.2, 0.25) is 15.9 Å². The van der Waals surface area contributed by atoms with Crippen LogP contribution in [0.4, 0.5) is 0 Å². The summed E-state index contributed by atoms with van der Waals surface area (Å²) >= 11 is 0. The Labute approximate surface area is 126 Å². The molecule has 0 aromatic heterocycles. The highest BCUT2D eigenvalue weighted by molar-refractivity contribution is 7.88. The van der Waals surface area contributed by atoms with Gasteiger partial charge in [0.1, 0.15) is 0 Å². The van der Waals surface area contributed by atoms with E-state index in [2.05, 4.69) is 10.0 Å². The summed E-state index contributed by atoms with van der Waals surface area (Å²) in [5.41, 5.74) is 7.14. The Hall–Kier alpha value is -1.44. The van der Waals surface area contributed by atoms with Crippen LogP contribution in [-0.2, 0) is 16.6 Å². The van der Waals surface area contributed by atoms with Crippen LogP contribution in [0.5, 0.6) is 0 Å². The maximum absolute atomic E-state index is 11.3. The Morgan fingerprint density at radius 3 is 2.43 bits per heavy atom. The number of primary amides is 1. The number of nitrogens with one attached hydrogen (secondary N) is 2. The topological polar surface area (TPSA) is 101 Å². The van der Waals surface area contributed by atoms with Crippen molar-refractivity contribution < 1.29 is 13.2 Å². The molecule has 0 aliphatic rings. The highest BCUT2D eigenvalue weighted by Gasteiger charge is 2.21. The lowest BCUT2D eigenvalue weighted by atomic mass is 10.0. The Kier molecular flexibility index (Phi) is 5.49. The summed E-state index contributed by atoms with van der Waals surface area (Å²) < 4.78 is 25.1. The fourth-order valence-electron chi connectivity index (χ4n) is 2.10. The number of aryl methyl sites for hydroxylation is 1. The highest BCUT2D eigenvalue weighted by atomic mass is 32.2. The summed E-state index contributed by atoms with van der Waals surface area (Å²) in [6.45, 7) is 6.59. The molecule has 4 N–H and O–H groups in total. The van der Waals surface area contributed by atoms with Crippen molar-refractivity contribution in [3.8, 4) is 0 Å². The molecule has 6 nitrogen and oxygen atoms in total. The predicted molar refractivity (Wildman–Crippen MR) is 83.5 cm³/mol. The van der Waals surface area contributed by atoms with Crippen molar-refractivity contribution in [2.45, 2.75) is 32.9 Å². The average molecular weight is 313 g/mol. The summed E-state index contributed by atoms with van der Waals surface area (Å²) in [6, 6.07) is 5.28. The van der Waals surface area contributed by atoms with Gasteiger partial charge in [-0.05, 0) is 44.0 Å². The van der Waals surface area contributed by atoms with Gasteiger partial charge < -0.3 is 11.1 Å². The Bertz CT molecular complexity index is 624. The van der Waals surface area contributed by atoms with Gasteiger partial charge in [-0.15, -0.1) is 0 Å². The summed E-state index contributed by atoms with van der Waals surface area (Å²) in [5, 5.41) is 3.21. The zero-order valence-electron chi connectivity index (χ0n) is 12.9. The number of benzene rings is 1. The molecule has 118 valence electrons. The third-order valence-corrected chi connectivity index (χ3v) is 3.89. The fourth-order valence-corrected chi connectivity index (χ4v) is 3.17. The molecule has 0 spiro atoms. The molecule has 1 amide bonds. The number of hydrogen-bond acceptors (Lipinski definition) is 4. The second kappa shape index (κ2) is 6.55. The first kappa shape index (κ1) is 17.6. The molecule has 0 saturated carbocycles. The first-order chi connectivity index (χ1) is 9.50. The summed E-state index contributed by atoms with van der Waals surface area (Å²) in [5.74, 6) is -0.448. The molecule has 21 heavy (non-hydrogen) atoms. The number of hydrogen-bond donors (Lipinski definition) is 3. The number of carbonyl (C=O) groups is 1. The maximum Gasteiger partial charge on any atom is 0.248 e. The fraction of sp³-hybridized carbons (Fsp3) is 0.500. The third-order valence-electron chi connectivity index (χ3n) is 2.97. The molecule has 0 heterocycles. The van der Waals surface area contributed by atoms with Gasteiger partial charge in [-0.2, -0.15) is 0 Å². The van der Waals surface area contributed by atoms with Gasteiger partial charge in [0.05, 0.1) is 6.26 Å². The number of amides is 1. The van der Waals surface area contributed by atoms with Gasteiger partial charge >= 0.3 is 0 Å². The summed E-state index contributed by atoms with van der Waals surface area (Å²) in [4.78, 5) is 11.1. The molecule has 1 aromatic rings. The summed E-state index contributed by atoms with van der Waals surface area (Å²) in [6.07, 6.45) is 1.14. The van der Waals surface area contributed by atoms with Crippen LogP contribution in [0.3, 0.4) is 0 Å². The second-order valence-electron chi connectivity index (χ2n) is 5.87. The Balaban J connectivity index is 2.62. The van der Waals surface area contributed by atoms with E-state index in [1.54, 1.807) is 12.1 Å². The van der Waals surface area contributed by atoms with E-state index in [-0.39, 0.29) is 0 Å². The predicted octanol–water partition coefficient (Wildman–Crippen LogP) is 0.511. The van der Waals surface area contributed by atoms with Crippen molar-refractivity contribution in [3.05, 3.63) is 34.9 Å². The van der Waals surface area contributed by atoms with E-state index in [1.165, 1.54) is 0 Å². The van der Waals surface area contributed by atoms with Crippen molar-refractivity contribution in [2.75, 3.05) is 12.8 Å². The van der Waals surface area contributed by atoms with Crippen LogP contribution in [0.15, 0.2) is 18.2 Å². The first-order valence-corrected chi connectivity index (χ1v) is 8.48. The van der Waals surface area contributed by atoms with E-state index in [9.17, 15) is 13.2 Å². The molecule has 0 saturated heterocycles. The quantitative estimate of drug-likeness (QED) is 0.682. The largest absolute Gasteiger partial charge is 0.366 e. The van der Waals surface area contributed by atoms with Crippen molar-refractivity contribution in [1.82, 2.24) is 10.0 Å².